The lowest BCUT2D eigenvalue weighted by molar-refractivity contribution is 0.142. The molecule has 0 radical (unpaired) electrons. The molecule has 1 aromatic heterocycles. The third kappa shape index (κ3) is 3.71. The van der Waals surface area contributed by atoms with Gasteiger partial charge in [0.25, 0.3) is 0 Å². The normalized spacial score (nSPS) is 17.5. The predicted molar refractivity (Wildman–Crippen MR) is 93.7 cm³/mol. The molecule has 2 heterocycles. The van der Waals surface area contributed by atoms with Gasteiger partial charge in [0.2, 0.25) is 5.95 Å². The summed E-state index contributed by atoms with van der Waals surface area (Å²) in [5.74, 6) is 1.33. The van der Waals surface area contributed by atoms with Crippen LogP contribution in [0.2, 0.25) is 5.02 Å². The van der Waals surface area contributed by atoms with Gasteiger partial charge < -0.3 is 20.5 Å². The van der Waals surface area contributed by atoms with Crippen LogP contribution in [0.1, 0.15) is 6.42 Å². The predicted octanol–water partition coefficient (Wildman–Crippen LogP) is 3.23. The second kappa shape index (κ2) is 6.84. The number of anilines is 3. The van der Waals surface area contributed by atoms with E-state index in [4.69, 9.17) is 26.8 Å². The number of ether oxygens (including phenoxy) is 2. The molecule has 22 heavy (non-hydrogen) atoms. The van der Waals surface area contributed by atoms with Gasteiger partial charge in [-0.25, -0.2) is 4.98 Å². The highest BCUT2D eigenvalue weighted by Crippen LogP contribution is 2.32. The van der Waals surface area contributed by atoms with E-state index in [0.717, 1.165) is 28.0 Å². The van der Waals surface area contributed by atoms with E-state index in [1.165, 1.54) is 6.20 Å². The fourth-order valence-electron chi connectivity index (χ4n) is 2.08. The van der Waals surface area contributed by atoms with Crippen LogP contribution >= 0.6 is 34.2 Å². The smallest absolute Gasteiger partial charge is 0.222 e. The van der Waals surface area contributed by atoms with Gasteiger partial charge in [-0.15, -0.1) is 0 Å². The van der Waals surface area contributed by atoms with Crippen molar-refractivity contribution >= 4 is 51.6 Å². The number of rotatable bonds is 4. The average molecular weight is 433 g/mol. The lowest BCUT2D eigenvalue weighted by Gasteiger charge is -2.17. The second-order valence-corrected chi connectivity index (χ2v) is 6.45. The Kier molecular flexibility index (Phi) is 4.84. The Morgan fingerprint density at radius 2 is 2.32 bits per heavy atom. The summed E-state index contributed by atoms with van der Waals surface area (Å²) < 4.78 is 12.4. The molecule has 1 saturated heterocycles. The molecule has 0 aliphatic carbocycles. The lowest BCUT2D eigenvalue weighted by atomic mass is 10.2. The highest BCUT2D eigenvalue weighted by molar-refractivity contribution is 14.1. The third-order valence-electron chi connectivity index (χ3n) is 3.14. The number of hydrogen-bond acceptors (Lipinski definition) is 6. The molecular formula is C14H14ClIN4O2. The first kappa shape index (κ1) is 15.6. The highest BCUT2D eigenvalue weighted by Gasteiger charge is 2.19. The van der Waals surface area contributed by atoms with Crippen LogP contribution in [0.3, 0.4) is 0 Å². The van der Waals surface area contributed by atoms with Crippen molar-refractivity contribution in [1.29, 1.82) is 0 Å². The number of nitrogen functional groups attached to an aromatic ring is 1. The number of aromatic nitrogens is 2. The first-order valence-corrected chi connectivity index (χ1v) is 8.16. The van der Waals surface area contributed by atoms with Gasteiger partial charge in [-0.1, -0.05) is 11.6 Å². The van der Waals surface area contributed by atoms with Crippen LogP contribution in [0.4, 0.5) is 17.5 Å². The van der Waals surface area contributed by atoms with E-state index in [2.05, 4.69) is 37.9 Å². The first-order chi connectivity index (χ1) is 10.6. The van der Waals surface area contributed by atoms with E-state index in [1.807, 2.05) is 18.2 Å². The van der Waals surface area contributed by atoms with Crippen LogP contribution in [0.25, 0.3) is 0 Å². The summed E-state index contributed by atoms with van der Waals surface area (Å²) in [4.78, 5) is 7.96. The van der Waals surface area contributed by atoms with E-state index in [1.54, 1.807) is 0 Å². The monoisotopic (exact) mass is 432 g/mol. The van der Waals surface area contributed by atoms with E-state index in [-0.39, 0.29) is 12.1 Å². The van der Waals surface area contributed by atoms with Crippen LogP contribution < -0.4 is 15.8 Å². The number of nitrogens with two attached hydrogens (primary N) is 1. The maximum atomic E-state index is 6.10. The molecule has 6 nitrogen and oxygen atoms in total. The summed E-state index contributed by atoms with van der Waals surface area (Å²) in [6.07, 6.45) is 2.41. The molecule has 1 aliphatic heterocycles. The van der Waals surface area contributed by atoms with Gasteiger partial charge in [-0.2, -0.15) is 4.98 Å². The van der Waals surface area contributed by atoms with Gasteiger partial charge in [-0.05, 0) is 40.8 Å². The number of halogens is 2. The topological polar surface area (TPSA) is 82.3 Å². The molecule has 0 saturated carbocycles. The summed E-state index contributed by atoms with van der Waals surface area (Å²) in [5, 5.41) is 3.55. The lowest BCUT2D eigenvalue weighted by Crippen LogP contribution is -2.16. The van der Waals surface area contributed by atoms with E-state index in [0.29, 0.717) is 17.4 Å². The van der Waals surface area contributed by atoms with Gasteiger partial charge in [0, 0.05) is 9.99 Å². The molecule has 116 valence electrons. The van der Waals surface area contributed by atoms with Crippen LogP contribution in [0.15, 0.2) is 24.4 Å². The molecule has 0 unspecified atom stereocenters. The van der Waals surface area contributed by atoms with E-state index < -0.39 is 0 Å². The zero-order chi connectivity index (χ0) is 15.5. The Morgan fingerprint density at radius 1 is 1.45 bits per heavy atom. The molecule has 1 aliphatic rings. The Labute approximate surface area is 146 Å². The van der Waals surface area contributed by atoms with Crippen molar-refractivity contribution in [1.82, 2.24) is 9.97 Å². The van der Waals surface area contributed by atoms with Gasteiger partial charge in [0.05, 0.1) is 25.1 Å². The number of nitrogens with zero attached hydrogens (tertiary/aromatic N) is 2. The highest BCUT2D eigenvalue weighted by atomic mass is 127. The van der Waals surface area contributed by atoms with Gasteiger partial charge >= 0.3 is 0 Å². The van der Waals surface area contributed by atoms with E-state index in [9.17, 15) is 0 Å². The molecule has 3 rings (SSSR count). The maximum Gasteiger partial charge on any atom is 0.222 e. The Hall–Kier alpha value is -1.32. The zero-order valence-electron chi connectivity index (χ0n) is 11.6. The van der Waals surface area contributed by atoms with Crippen LogP contribution in [-0.2, 0) is 4.74 Å². The molecule has 0 spiro atoms. The summed E-state index contributed by atoms with van der Waals surface area (Å²) in [6.45, 7) is 1.33. The van der Waals surface area contributed by atoms with Crippen LogP contribution in [0.5, 0.6) is 5.75 Å². The van der Waals surface area contributed by atoms with E-state index >= 15 is 0 Å². The number of hydrogen-bond donors (Lipinski definition) is 2. The Morgan fingerprint density at radius 3 is 3.09 bits per heavy atom. The van der Waals surface area contributed by atoms with Gasteiger partial charge in [0.1, 0.15) is 16.9 Å². The number of benzene rings is 1. The van der Waals surface area contributed by atoms with Crippen molar-refractivity contribution in [3.05, 3.63) is 33.0 Å². The molecule has 0 bridgehead atoms. The molecule has 1 fully saturated rings. The third-order valence-corrected chi connectivity index (χ3v) is 4.09. The molecule has 3 N–H and O–H groups in total. The summed E-state index contributed by atoms with van der Waals surface area (Å²) in [7, 11) is 0. The first-order valence-electron chi connectivity index (χ1n) is 6.71. The zero-order valence-corrected chi connectivity index (χ0v) is 14.5. The Balaban J connectivity index is 1.87. The van der Waals surface area contributed by atoms with Crippen molar-refractivity contribution in [3.63, 3.8) is 0 Å². The van der Waals surface area contributed by atoms with Crippen molar-refractivity contribution in [2.24, 2.45) is 0 Å². The number of nitrogens with one attached hydrogen (secondary N) is 1. The average Bonchev–Trinajstić information content (AvgIpc) is 2.99. The Bertz CT molecular complexity index is 680. The second-order valence-electron chi connectivity index (χ2n) is 4.79. The van der Waals surface area contributed by atoms with Crippen molar-refractivity contribution in [2.75, 3.05) is 24.3 Å². The molecule has 2 aromatic rings. The summed E-state index contributed by atoms with van der Waals surface area (Å²) >= 11 is 8.34. The van der Waals surface area contributed by atoms with Gasteiger partial charge in [0.15, 0.2) is 5.82 Å². The molecule has 1 aromatic carbocycles. The molecule has 8 heteroatoms. The SMILES string of the molecule is Nc1ncc(Cl)c(Nc2cc(I)ccc2O[C@@H]2CCOC2)n1. The van der Waals surface area contributed by atoms with Gasteiger partial charge in [-0.3, -0.25) is 0 Å². The largest absolute Gasteiger partial charge is 0.486 e. The standard InChI is InChI=1S/C14H14ClIN4O2/c15-10-6-18-14(17)20-13(10)19-11-5-8(16)1-2-12(11)22-9-3-4-21-7-9/h1-2,5-6,9H,3-4,7H2,(H3,17,18,19,20)/t9-/m1/s1. The quantitative estimate of drug-likeness (QED) is 0.722. The summed E-state index contributed by atoms with van der Waals surface area (Å²) in [6, 6.07) is 5.86. The minimum Gasteiger partial charge on any atom is -0.486 e. The minimum atomic E-state index is 0.0616. The van der Waals surface area contributed by atoms with Crippen LogP contribution in [-0.4, -0.2) is 29.3 Å². The maximum absolute atomic E-state index is 6.10. The molecular weight excluding hydrogens is 419 g/mol. The van der Waals surface area contributed by atoms with Crippen molar-refractivity contribution in [2.45, 2.75) is 12.5 Å². The fraction of sp³-hybridized carbons (Fsp3) is 0.286. The molecule has 0 amide bonds. The molecule has 1 atom stereocenters. The minimum absolute atomic E-state index is 0.0616. The summed E-state index contributed by atoms with van der Waals surface area (Å²) in [5.41, 5.74) is 6.39. The van der Waals surface area contributed by atoms with Crippen LogP contribution in [0, 0.1) is 3.57 Å². The van der Waals surface area contributed by atoms with Crippen molar-refractivity contribution < 1.29 is 9.47 Å². The van der Waals surface area contributed by atoms with Crippen molar-refractivity contribution in [3.8, 4) is 5.75 Å². The fourth-order valence-corrected chi connectivity index (χ4v) is 2.71.